The van der Waals surface area contributed by atoms with Crippen molar-refractivity contribution in [2.45, 2.75) is 52.2 Å². The fourth-order valence-electron chi connectivity index (χ4n) is 2.90. The molecule has 0 heterocycles. The lowest BCUT2D eigenvalue weighted by Crippen LogP contribution is -2.44. The molecule has 1 aromatic carbocycles. The van der Waals surface area contributed by atoms with E-state index in [2.05, 4.69) is 76.8 Å². The Bertz CT molecular complexity index is 539. The molecule has 0 bridgehead atoms. The minimum Gasteiger partial charge on any atom is -0.0804 e. The number of aryl methyl sites for hydroxylation is 1. The second-order valence-electron chi connectivity index (χ2n) is 7.22. The van der Waals surface area contributed by atoms with Crippen molar-refractivity contribution < 1.29 is 0 Å². The molecule has 102 valence electrons. The summed E-state index contributed by atoms with van der Waals surface area (Å²) in [5.41, 5.74) is 4.50. The van der Waals surface area contributed by atoms with Crippen molar-refractivity contribution in [3.8, 4) is 0 Å². The first-order valence-electron chi connectivity index (χ1n) is 7.22. The van der Waals surface area contributed by atoms with E-state index >= 15 is 0 Å². The maximum absolute atomic E-state index is 2.44. The van der Waals surface area contributed by atoms with E-state index in [9.17, 15) is 0 Å². The lowest BCUT2D eigenvalue weighted by molar-refractivity contribution is 0.643. The minimum absolute atomic E-state index is 0.121. The van der Waals surface area contributed by atoms with Crippen molar-refractivity contribution in [3.05, 3.63) is 53.1 Å². The van der Waals surface area contributed by atoms with Gasteiger partial charge in [-0.25, -0.2) is 0 Å². The standard InChI is InChI=1S/C18H26Si/c1-14-11-12-16(17(13-14)19(4,5)6)18(2,3)15-9-7-8-10-15/h7,9-13H,8H2,1-6H3. The summed E-state index contributed by atoms with van der Waals surface area (Å²) < 4.78 is 0. The van der Waals surface area contributed by atoms with Crippen LogP contribution in [0.5, 0.6) is 0 Å². The van der Waals surface area contributed by atoms with Crippen LogP contribution in [0.25, 0.3) is 0 Å². The Morgan fingerprint density at radius 3 is 2.32 bits per heavy atom. The lowest BCUT2D eigenvalue weighted by Gasteiger charge is -2.33. The fraction of sp³-hybridized carbons (Fsp3) is 0.444. The van der Waals surface area contributed by atoms with Gasteiger partial charge in [0, 0.05) is 5.41 Å². The second-order valence-corrected chi connectivity index (χ2v) is 12.3. The molecule has 1 heteroatoms. The van der Waals surface area contributed by atoms with Crippen molar-refractivity contribution in [2.24, 2.45) is 0 Å². The van der Waals surface area contributed by atoms with Crippen LogP contribution in [-0.4, -0.2) is 8.07 Å². The van der Waals surface area contributed by atoms with Gasteiger partial charge < -0.3 is 0 Å². The molecular weight excluding hydrogens is 244 g/mol. The zero-order valence-corrected chi connectivity index (χ0v) is 14.2. The van der Waals surface area contributed by atoms with Crippen LogP contribution >= 0.6 is 0 Å². The van der Waals surface area contributed by atoms with E-state index in [0.717, 1.165) is 6.42 Å². The molecule has 2 rings (SSSR count). The van der Waals surface area contributed by atoms with E-state index in [-0.39, 0.29) is 5.41 Å². The predicted octanol–water partition coefficient (Wildman–Crippen LogP) is 4.70. The molecule has 0 N–H and O–H groups in total. The van der Waals surface area contributed by atoms with Crippen LogP contribution < -0.4 is 5.19 Å². The van der Waals surface area contributed by atoms with Crippen molar-refractivity contribution >= 4 is 13.3 Å². The molecule has 0 radical (unpaired) electrons. The van der Waals surface area contributed by atoms with Gasteiger partial charge in [-0.3, -0.25) is 0 Å². The highest BCUT2D eigenvalue weighted by Gasteiger charge is 2.31. The summed E-state index contributed by atoms with van der Waals surface area (Å²) in [6.07, 6.45) is 8.02. The SMILES string of the molecule is Cc1ccc(C(C)(C)C2=CCC=C2)c([Si](C)(C)C)c1. The highest BCUT2D eigenvalue weighted by atomic mass is 28.3. The van der Waals surface area contributed by atoms with E-state index < -0.39 is 8.07 Å². The first-order chi connectivity index (χ1) is 8.73. The van der Waals surface area contributed by atoms with Crippen LogP contribution in [0, 0.1) is 6.92 Å². The quantitative estimate of drug-likeness (QED) is 0.698. The third kappa shape index (κ3) is 2.76. The predicted molar refractivity (Wildman–Crippen MR) is 89.0 cm³/mol. The normalized spacial score (nSPS) is 15.8. The summed E-state index contributed by atoms with van der Waals surface area (Å²) in [5.74, 6) is 0. The van der Waals surface area contributed by atoms with Gasteiger partial charge in [0.15, 0.2) is 0 Å². The number of hydrogen-bond acceptors (Lipinski definition) is 0. The van der Waals surface area contributed by atoms with Gasteiger partial charge in [-0.05, 0) is 24.5 Å². The second kappa shape index (κ2) is 4.79. The van der Waals surface area contributed by atoms with Crippen LogP contribution in [0.15, 0.2) is 42.0 Å². The highest BCUT2D eigenvalue weighted by molar-refractivity contribution is 6.89. The van der Waals surface area contributed by atoms with E-state index in [0.29, 0.717) is 0 Å². The van der Waals surface area contributed by atoms with Gasteiger partial charge in [0.05, 0.1) is 8.07 Å². The molecule has 0 saturated carbocycles. The van der Waals surface area contributed by atoms with Crippen molar-refractivity contribution in [2.75, 3.05) is 0 Å². The zero-order valence-electron chi connectivity index (χ0n) is 13.2. The van der Waals surface area contributed by atoms with Gasteiger partial charge in [-0.1, -0.05) is 80.7 Å². The molecule has 1 aromatic rings. The zero-order chi connectivity index (χ0) is 14.3. The molecule has 0 aromatic heterocycles. The van der Waals surface area contributed by atoms with Gasteiger partial charge in [-0.2, -0.15) is 0 Å². The maximum Gasteiger partial charge on any atom is 0.0780 e. The molecule has 1 aliphatic carbocycles. The molecule has 19 heavy (non-hydrogen) atoms. The molecule has 0 nitrogen and oxygen atoms in total. The van der Waals surface area contributed by atoms with Gasteiger partial charge in [-0.15, -0.1) is 0 Å². The van der Waals surface area contributed by atoms with Crippen LogP contribution in [0.3, 0.4) is 0 Å². The molecule has 0 unspecified atom stereocenters. The number of hydrogen-bond donors (Lipinski definition) is 0. The summed E-state index contributed by atoms with van der Waals surface area (Å²) in [7, 11) is -1.32. The first-order valence-corrected chi connectivity index (χ1v) is 10.7. The molecule has 1 aliphatic rings. The number of allylic oxidation sites excluding steroid dienone is 4. The summed E-state index contributed by atoms with van der Waals surface area (Å²) in [4.78, 5) is 0. The molecule has 0 saturated heterocycles. The Hall–Kier alpha value is -1.08. The van der Waals surface area contributed by atoms with Crippen LogP contribution in [-0.2, 0) is 5.41 Å². The summed E-state index contributed by atoms with van der Waals surface area (Å²) >= 11 is 0. The average molecular weight is 270 g/mol. The summed E-state index contributed by atoms with van der Waals surface area (Å²) in [6, 6.07) is 7.04. The van der Waals surface area contributed by atoms with Crippen LogP contribution in [0.2, 0.25) is 19.6 Å². The molecule has 0 atom stereocenters. The van der Waals surface area contributed by atoms with Crippen molar-refractivity contribution in [3.63, 3.8) is 0 Å². The summed E-state index contributed by atoms with van der Waals surface area (Å²) in [5, 5.41) is 1.61. The van der Waals surface area contributed by atoms with Gasteiger partial charge >= 0.3 is 0 Å². The molecule has 0 amide bonds. The van der Waals surface area contributed by atoms with Crippen molar-refractivity contribution in [1.82, 2.24) is 0 Å². The largest absolute Gasteiger partial charge is 0.0804 e. The average Bonchev–Trinajstić information content (AvgIpc) is 2.81. The Kier molecular flexibility index (Phi) is 3.61. The van der Waals surface area contributed by atoms with E-state index in [1.807, 2.05) is 0 Å². The molecule has 0 fully saturated rings. The van der Waals surface area contributed by atoms with E-state index in [1.165, 1.54) is 16.7 Å². The molecular formula is C18H26Si. The van der Waals surface area contributed by atoms with Gasteiger partial charge in [0.25, 0.3) is 0 Å². The lowest BCUT2D eigenvalue weighted by atomic mass is 9.78. The van der Waals surface area contributed by atoms with Crippen LogP contribution in [0.1, 0.15) is 31.4 Å². The number of rotatable bonds is 3. The van der Waals surface area contributed by atoms with E-state index in [4.69, 9.17) is 0 Å². The van der Waals surface area contributed by atoms with Crippen LogP contribution in [0.4, 0.5) is 0 Å². The number of benzene rings is 1. The smallest absolute Gasteiger partial charge is 0.0780 e. The van der Waals surface area contributed by atoms with Crippen molar-refractivity contribution in [1.29, 1.82) is 0 Å². The Labute approximate surface area is 119 Å². The fourth-order valence-corrected chi connectivity index (χ4v) is 4.77. The first kappa shape index (κ1) is 14.3. The molecule has 0 aliphatic heterocycles. The Morgan fingerprint density at radius 1 is 1.11 bits per heavy atom. The van der Waals surface area contributed by atoms with Gasteiger partial charge in [0.2, 0.25) is 0 Å². The maximum atomic E-state index is 2.44. The van der Waals surface area contributed by atoms with E-state index in [1.54, 1.807) is 5.19 Å². The molecule has 0 spiro atoms. The third-order valence-electron chi connectivity index (χ3n) is 4.15. The monoisotopic (exact) mass is 270 g/mol. The van der Waals surface area contributed by atoms with Gasteiger partial charge in [0.1, 0.15) is 0 Å². The minimum atomic E-state index is -1.32. The highest BCUT2D eigenvalue weighted by Crippen LogP contribution is 2.35. The third-order valence-corrected chi connectivity index (χ3v) is 6.18. The summed E-state index contributed by atoms with van der Waals surface area (Å²) in [6.45, 7) is 14.3. The Balaban J connectivity index is 2.59. The Morgan fingerprint density at radius 2 is 1.79 bits per heavy atom. The topological polar surface area (TPSA) is 0 Å².